The van der Waals surface area contributed by atoms with Crippen molar-refractivity contribution in [2.75, 3.05) is 45.8 Å². The number of ketones is 1. The molecule has 102 valence electrons. The lowest BCUT2D eigenvalue weighted by atomic mass is 10.00. The van der Waals surface area contributed by atoms with Crippen molar-refractivity contribution in [1.82, 2.24) is 4.90 Å². The third-order valence-corrected chi connectivity index (χ3v) is 4.84. The van der Waals surface area contributed by atoms with Gasteiger partial charge in [-0.05, 0) is 25.5 Å². The molecule has 3 fully saturated rings. The molecular weight excluding hydrogens is 236 g/mol. The summed E-state index contributed by atoms with van der Waals surface area (Å²) in [6, 6.07) is 6.20. The van der Waals surface area contributed by atoms with Crippen molar-refractivity contribution in [3.05, 3.63) is 34.9 Å². The summed E-state index contributed by atoms with van der Waals surface area (Å²) in [7, 11) is 0. The lowest BCUT2D eigenvalue weighted by Gasteiger charge is -2.50. The summed E-state index contributed by atoms with van der Waals surface area (Å²) in [4.78, 5) is 15.2. The first-order chi connectivity index (χ1) is 9.08. The lowest BCUT2D eigenvalue weighted by Crippen LogP contribution is -2.68. The van der Waals surface area contributed by atoms with Gasteiger partial charge >= 0.3 is 0 Å². The highest BCUT2D eigenvalue weighted by atomic mass is 16.1. The summed E-state index contributed by atoms with van der Waals surface area (Å²) < 4.78 is 1.02. The number of rotatable bonds is 3. The van der Waals surface area contributed by atoms with Crippen LogP contribution in [0.2, 0.25) is 0 Å². The number of fused-ring (bicyclic) bond motifs is 3. The normalized spacial score (nSPS) is 29.5. The molecular formula is C16H23N2O+. The number of nitrogens with zero attached hydrogens (tertiary/aromatic N) is 2. The molecule has 0 radical (unpaired) electrons. The molecule has 0 atom stereocenters. The summed E-state index contributed by atoms with van der Waals surface area (Å²) in [6.45, 7) is 11.7. The Hall–Kier alpha value is -1.19. The van der Waals surface area contributed by atoms with Gasteiger partial charge in [0, 0.05) is 25.2 Å². The third kappa shape index (κ3) is 2.45. The van der Waals surface area contributed by atoms with E-state index < -0.39 is 0 Å². The standard InChI is InChI=1S/C16H23N2O/c1-13-3-4-14(2)15(11-13)16(19)12-18-8-5-17(6-9-18)7-10-18/h3-4,11H,5-10,12H2,1-2H3/q+1. The van der Waals surface area contributed by atoms with Gasteiger partial charge in [-0.1, -0.05) is 17.7 Å². The number of hydrogen-bond acceptors (Lipinski definition) is 2. The minimum atomic E-state index is 0.330. The van der Waals surface area contributed by atoms with Crippen LogP contribution in [0.5, 0.6) is 0 Å². The average Bonchev–Trinajstić information content (AvgIpc) is 2.43. The Bertz CT molecular complexity index is 488. The van der Waals surface area contributed by atoms with E-state index in [0.717, 1.165) is 35.2 Å². The number of carbonyl (C=O) groups excluding carboxylic acids is 1. The Labute approximate surface area is 115 Å². The van der Waals surface area contributed by atoms with Gasteiger partial charge in [-0.2, -0.15) is 0 Å². The van der Waals surface area contributed by atoms with E-state index in [-0.39, 0.29) is 0 Å². The summed E-state index contributed by atoms with van der Waals surface area (Å²) in [5, 5.41) is 0. The molecule has 0 N–H and O–H groups in total. The zero-order valence-corrected chi connectivity index (χ0v) is 12.0. The van der Waals surface area contributed by atoms with Crippen LogP contribution in [0.15, 0.2) is 18.2 Å². The fraction of sp³-hybridized carbons (Fsp3) is 0.562. The monoisotopic (exact) mass is 259 g/mol. The molecule has 0 aliphatic carbocycles. The second-order valence-electron chi connectivity index (χ2n) is 6.25. The van der Waals surface area contributed by atoms with Gasteiger partial charge in [0.1, 0.15) is 6.54 Å². The molecule has 0 saturated carbocycles. The van der Waals surface area contributed by atoms with Crippen molar-refractivity contribution in [2.24, 2.45) is 0 Å². The van der Waals surface area contributed by atoms with Crippen molar-refractivity contribution in [3.63, 3.8) is 0 Å². The molecule has 3 nitrogen and oxygen atoms in total. The molecule has 0 unspecified atom stereocenters. The van der Waals surface area contributed by atoms with Crippen LogP contribution in [-0.4, -0.2) is 61.0 Å². The smallest absolute Gasteiger partial charge is 0.217 e. The minimum absolute atomic E-state index is 0.330. The second-order valence-corrected chi connectivity index (χ2v) is 6.25. The predicted molar refractivity (Wildman–Crippen MR) is 76.4 cm³/mol. The molecule has 3 heterocycles. The number of benzene rings is 1. The van der Waals surface area contributed by atoms with Crippen LogP contribution in [0.4, 0.5) is 0 Å². The maximum atomic E-state index is 12.6. The van der Waals surface area contributed by atoms with Crippen molar-refractivity contribution in [1.29, 1.82) is 0 Å². The molecule has 4 rings (SSSR count). The summed E-state index contributed by atoms with van der Waals surface area (Å²) in [6.07, 6.45) is 0. The van der Waals surface area contributed by atoms with E-state index in [9.17, 15) is 4.79 Å². The number of carbonyl (C=O) groups is 1. The zero-order chi connectivity index (χ0) is 13.5. The quantitative estimate of drug-likeness (QED) is 0.607. The Morgan fingerprint density at radius 2 is 1.79 bits per heavy atom. The topological polar surface area (TPSA) is 20.3 Å². The molecule has 0 aromatic heterocycles. The molecule has 1 aromatic rings. The maximum absolute atomic E-state index is 12.6. The van der Waals surface area contributed by atoms with Crippen LogP contribution in [0.1, 0.15) is 21.5 Å². The van der Waals surface area contributed by atoms with Crippen LogP contribution >= 0.6 is 0 Å². The summed E-state index contributed by atoms with van der Waals surface area (Å²) >= 11 is 0. The van der Waals surface area contributed by atoms with Crippen molar-refractivity contribution in [3.8, 4) is 0 Å². The fourth-order valence-electron chi connectivity index (χ4n) is 3.39. The van der Waals surface area contributed by atoms with Gasteiger partial charge < -0.3 is 4.48 Å². The lowest BCUT2D eigenvalue weighted by molar-refractivity contribution is -0.933. The van der Waals surface area contributed by atoms with Crippen molar-refractivity contribution < 1.29 is 9.28 Å². The van der Waals surface area contributed by atoms with Gasteiger partial charge in [-0.25, -0.2) is 0 Å². The van der Waals surface area contributed by atoms with Crippen molar-refractivity contribution in [2.45, 2.75) is 13.8 Å². The molecule has 2 bridgehead atoms. The van der Waals surface area contributed by atoms with Gasteiger partial charge in [0.25, 0.3) is 0 Å². The van der Waals surface area contributed by atoms with Gasteiger partial charge in [-0.3, -0.25) is 9.69 Å². The SMILES string of the molecule is Cc1ccc(C)c(C(=O)C[N+]23CCN(CC2)CC3)c1. The predicted octanol–water partition coefficient (Wildman–Crippen LogP) is 1.63. The first-order valence-corrected chi connectivity index (χ1v) is 7.26. The molecule has 3 heteroatoms. The number of Topliss-reactive ketones (excluding diaryl/α,β-unsaturated/α-hetero) is 1. The molecule has 3 aliphatic rings. The zero-order valence-electron chi connectivity index (χ0n) is 12.0. The fourth-order valence-corrected chi connectivity index (χ4v) is 3.39. The highest BCUT2D eigenvalue weighted by Crippen LogP contribution is 2.21. The first-order valence-electron chi connectivity index (χ1n) is 7.26. The number of hydrogen-bond donors (Lipinski definition) is 0. The Morgan fingerprint density at radius 1 is 1.16 bits per heavy atom. The first kappa shape index (κ1) is 12.8. The molecule has 0 amide bonds. The van der Waals surface area contributed by atoms with Gasteiger partial charge in [0.15, 0.2) is 0 Å². The Balaban J connectivity index is 1.79. The van der Waals surface area contributed by atoms with E-state index >= 15 is 0 Å². The van der Waals surface area contributed by atoms with E-state index in [0.29, 0.717) is 12.3 Å². The summed E-state index contributed by atoms with van der Waals surface area (Å²) in [5.41, 5.74) is 3.22. The molecule has 3 saturated heterocycles. The van der Waals surface area contributed by atoms with Crippen LogP contribution in [0.3, 0.4) is 0 Å². The molecule has 3 aliphatic heterocycles. The number of aryl methyl sites for hydroxylation is 2. The highest BCUT2D eigenvalue weighted by molar-refractivity contribution is 5.98. The van der Waals surface area contributed by atoms with E-state index in [1.165, 1.54) is 25.2 Å². The van der Waals surface area contributed by atoms with E-state index in [4.69, 9.17) is 0 Å². The largest absolute Gasteiger partial charge is 0.314 e. The molecule has 1 aromatic carbocycles. The highest BCUT2D eigenvalue weighted by Gasteiger charge is 2.40. The number of quaternary nitrogens is 1. The van der Waals surface area contributed by atoms with Gasteiger partial charge in [0.2, 0.25) is 5.78 Å². The molecule has 19 heavy (non-hydrogen) atoms. The van der Waals surface area contributed by atoms with Crippen LogP contribution in [0, 0.1) is 13.8 Å². The Kier molecular flexibility index (Phi) is 3.19. The van der Waals surface area contributed by atoms with Crippen molar-refractivity contribution >= 4 is 5.78 Å². The summed E-state index contributed by atoms with van der Waals surface area (Å²) in [5.74, 6) is 0.330. The average molecular weight is 259 g/mol. The second kappa shape index (κ2) is 4.73. The van der Waals surface area contributed by atoms with E-state index in [1.807, 2.05) is 6.92 Å². The third-order valence-electron chi connectivity index (χ3n) is 4.84. The molecule has 0 spiro atoms. The van der Waals surface area contributed by atoms with E-state index in [2.05, 4.69) is 30.0 Å². The van der Waals surface area contributed by atoms with Crippen LogP contribution < -0.4 is 0 Å². The maximum Gasteiger partial charge on any atom is 0.217 e. The van der Waals surface area contributed by atoms with Gasteiger partial charge in [-0.15, -0.1) is 0 Å². The number of piperazine rings is 3. The van der Waals surface area contributed by atoms with E-state index in [1.54, 1.807) is 0 Å². The Morgan fingerprint density at radius 3 is 2.42 bits per heavy atom. The minimum Gasteiger partial charge on any atom is -0.314 e. The van der Waals surface area contributed by atoms with Crippen LogP contribution in [-0.2, 0) is 0 Å². The van der Waals surface area contributed by atoms with Crippen LogP contribution in [0.25, 0.3) is 0 Å². The van der Waals surface area contributed by atoms with Gasteiger partial charge in [0.05, 0.1) is 19.6 Å².